The molecule has 1 heterocycles. The Morgan fingerprint density at radius 2 is 1.95 bits per heavy atom. The number of para-hydroxylation sites is 1. The first-order chi connectivity index (χ1) is 10.5. The van der Waals surface area contributed by atoms with Crippen LogP contribution < -0.4 is 10.1 Å². The molecule has 116 valence electrons. The third kappa shape index (κ3) is 3.87. The number of alkyl halides is 3. The molecule has 0 spiro atoms. The Morgan fingerprint density at radius 1 is 1.18 bits per heavy atom. The van der Waals surface area contributed by atoms with Gasteiger partial charge in [-0.15, -0.1) is 13.2 Å². The Morgan fingerprint density at radius 3 is 2.68 bits per heavy atom. The summed E-state index contributed by atoms with van der Waals surface area (Å²) in [6.07, 6.45) is -0.990. The fourth-order valence-electron chi connectivity index (χ4n) is 2.13. The van der Waals surface area contributed by atoms with Crippen molar-refractivity contribution >= 4 is 5.82 Å². The van der Waals surface area contributed by atoms with Crippen LogP contribution in [0.3, 0.4) is 0 Å². The van der Waals surface area contributed by atoms with Crippen molar-refractivity contribution in [2.45, 2.75) is 31.7 Å². The first-order valence-corrected chi connectivity index (χ1v) is 6.91. The lowest BCUT2D eigenvalue weighted by molar-refractivity contribution is -0.274. The number of hydrogen-bond donors (Lipinski definition) is 1. The lowest BCUT2D eigenvalue weighted by atomic mass is 10.2. The SMILES string of the molecule is FC(F)(F)Oc1ccccc1CNc1cc(C2CC2)ncn1. The Bertz CT molecular complexity index is 656. The van der Waals surface area contributed by atoms with E-state index in [0.29, 0.717) is 17.3 Å². The molecule has 22 heavy (non-hydrogen) atoms. The number of benzene rings is 1. The first kappa shape index (κ1) is 14.6. The van der Waals surface area contributed by atoms with E-state index in [1.165, 1.54) is 18.5 Å². The van der Waals surface area contributed by atoms with E-state index in [9.17, 15) is 13.2 Å². The maximum atomic E-state index is 12.4. The third-order valence-electron chi connectivity index (χ3n) is 3.34. The van der Waals surface area contributed by atoms with E-state index in [4.69, 9.17) is 0 Å². The van der Waals surface area contributed by atoms with Gasteiger partial charge in [0.15, 0.2) is 0 Å². The van der Waals surface area contributed by atoms with Crippen molar-refractivity contribution in [1.82, 2.24) is 9.97 Å². The Kier molecular flexibility index (Phi) is 3.87. The van der Waals surface area contributed by atoms with Gasteiger partial charge >= 0.3 is 6.36 Å². The number of rotatable bonds is 5. The molecule has 4 nitrogen and oxygen atoms in total. The van der Waals surface area contributed by atoms with Crippen LogP contribution in [0.4, 0.5) is 19.0 Å². The number of anilines is 1. The van der Waals surface area contributed by atoms with Crippen LogP contribution in [0.15, 0.2) is 36.7 Å². The molecule has 0 amide bonds. The number of ether oxygens (including phenoxy) is 1. The van der Waals surface area contributed by atoms with E-state index in [1.54, 1.807) is 12.1 Å². The summed E-state index contributed by atoms with van der Waals surface area (Å²) >= 11 is 0. The molecule has 2 aromatic rings. The highest BCUT2D eigenvalue weighted by Crippen LogP contribution is 2.39. The number of nitrogens with zero attached hydrogens (tertiary/aromatic N) is 2. The van der Waals surface area contributed by atoms with Crippen molar-refractivity contribution in [3.63, 3.8) is 0 Å². The fourth-order valence-corrected chi connectivity index (χ4v) is 2.13. The second-order valence-corrected chi connectivity index (χ2v) is 5.11. The topological polar surface area (TPSA) is 47.0 Å². The molecular weight excluding hydrogens is 295 g/mol. The zero-order chi connectivity index (χ0) is 15.6. The second-order valence-electron chi connectivity index (χ2n) is 5.11. The van der Waals surface area contributed by atoms with Crippen molar-refractivity contribution in [2.24, 2.45) is 0 Å². The van der Waals surface area contributed by atoms with E-state index < -0.39 is 6.36 Å². The summed E-state index contributed by atoms with van der Waals surface area (Å²) in [5, 5.41) is 3.01. The molecule has 0 atom stereocenters. The van der Waals surface area contributed by atoms with Crippen LogP contribution in [0.2, 0.25) is 0 Å². The fraction of sp³-hybridized carbons (Fsp3) is 0.333. The molecule has 0 radical (unpaired) electrons. The molecule has 1 N–H and O–H groups in total. The van der Waals surface area contributed by atoms with E-state index in [1.807, 2.05) is 6.07 Å². The van der Waals surface area contributed by atoms with Crippen LogP contribution in [0.25, 0.3) is 0 Å². The van der Waals surface area contributed by atoms with Crippen LogP contribution in [0, 0.1) is 0 Å². The van der Waals surface area contributed by atoms with Crippen molar-refractivity contribution in [2.75, 3.05) is 5.32 Å². The largest absolute Gasteiger partial charge is 0.573 e. The van der Waals surface area contributed by atoms with Crippen molar-refractivity contribution in [1.29, 1.82) is 0 Å². The van der Waals surface area contributed by atoms with E-state index in [2.05, 4.69) is 20.0 Å². The lowest BCUT2D eigenvalue weighted by Gasteiger charge is -2.14. The van der Waals surface area contributed by atoms with Crippen molar-refractivity contribution in [3.8, 4) is 5.75 Å². The average Bonchev–Trinajstić information content (AvgIpc) is 3.30. The summed E-state index contributed by atoms with van der Waals surface area (Å²) in [5.41, 5.74) is 1.38. The molecule has 1 aliphatic rings. The van der Waals surface area contributed by atoms with Crippen molar-refractivity contribution in [3.05, 3.63) is 47.9 Å². The van der Waals surface area contributed by atoms with Gasteiger partial charge in [0.1, 0.15) is 17.9 Å². The van der Waals surface area contributed by atoms with Gasteiger partial charge in [0.05, 0.1) is 0 Å². The summed E-state index contributed by atoms with van der Waals surface area (Å²) in [7, 11) is 0. The van der Waals surface area contributed by atoms with Gasteiger partial charge in [0.2, 0.25) is 0 Å². The standard InChI is InChI=1S/C15H14F3N3O/c16-15(17,18)22-13-4-2-1-3-11(13)8-19-14-7-12(10-5-6-10)20-9-21-14/h1-4,7,9-10H,5-6,8H2,(H,19,20,21). The Balaban J connectivity index is 1.69. The first-order valence-electron chi connectivity index (χ1n) is 6.91. The number of nitrogens with one attached hydrogen (secondary N) is 1. The third-order valence-corrected chi connectivity index (χ3v) is 3.34. The van der Waals surface area contributed by atoms with E-state index >= 15 is 0 Å². The monoisotopic (exact) mass is 309 g/mol. The molecule has 7 heteroatoms. The molecule has 0 aliphatic heterocycles. The highest BCUT2D eigenvalue weighted by atomic mass is 19.4. The molecule has 3 rings (SSSR count). The summed E-state index contributed by atoms with van der Waals surface area (Å²) in [4.78, 5) is 8.28. The molecule has 0 saturated heterocycles. The van der Waals surface area contributed by atoms with Gasteiger partial charge in [-0.05, 0) is 18.9 Å². The van der Waals surface area contributed by atoms with Gasteiger partial charge in [-0.1, -0.05) is 18.2 Å². The average molecular weight is 309 g/mol. The predicted octanol–water partition coefficient (Wildman–Crippen LogP) is 3.86. The number of aromatic nitrogens is 2. The number of hydrogen-bond acceptors (Lipinski definition) is 4. The molecule has 0 unspecified atom stereocenters. The zero-order valence-corrected chi connectivity index (χ0v) is 11.6. The molecule has 1 aromatic heterocycles. The van der Waals surface area contributed by atoms with Crippen LogP contribution in [-0.4, -0.2) is 16.3 Å². The summed E-state index contributed by atoms with van der Waals surface area (Å²) in [6.45, 7) is 0.188. The van der Waals surface area contributed by atoms with Gasteiger partial charge < -0.3 is 10.1 Å². The predicted molar refractivity (Wildman–Crippen MR) is 74.5 cm³/mol. The van der Waals surface area contributed by atoms with Crippen LogP contribution in [0.5, 0.6) is 5.75 Å². The quantitative estimate of drug-likeness (QED) is 0.911. The zero-order valence-electron chi connectivity index (χ0n) is 11.6. The van der Waals surface area contributed by atoms with Gasteiger partial charge in [0.25, 0.3) is 0 Å². The van der Waals surface area contributed by atoms with Gasteiger partial charge in [-0.2, -0.15) is 0 Å². The second kappa shape index (κ2) is 5.82. The summed E-state index contributed by atoms with van der Waals surface area (Å²) in [5.74, 6) is 0.877. The minimum absolute atomic E-state index is 0.188. The van der Waals surface area contributed by atoms with Crippen LogP contribution >= 0.6 is 0 Å². The molecule has 0 bridgehead atoms. The molecule has 1 aromatic carbocycles. The highest BCUT2D eigenvalue weighted by molar-refractivity contribution is 5.41. The maximum absolute atomic E-state index is 12.4. The minimum Gasteiger partial charge on any atom is -0.405 e. The van der Waals surface area contributed by atoms with Gasteiger partial charge in [-0.3, -0.25) is 0 Å². The Hall–Kier alpha value is -2.31. The summed E-state index contributed by atoms with van der Waals surface area (Å²) < 4.78 is 41.1. The summed E-state index contributed by atoms with van der Waals surface area (Å²) in [6, 6.07) is 7.87. The lowest BCUT2D eigenvalue weighted by Crippen LogP contribution is -2.18. The maximum Gasteiger partial charge on any atom is 0.573 e. The Labute approximate surface area is 125 Å². The number of halogens is 3. The smallest absolute Gasteiger partial charge is 0.405 e. The molecule has 1 aliphatic carbocycles. The van der Waals surface area contributed by atoms with E-state index in [0.717, 1.165) is 18.5 Å². The van der Waals surface area contributed by atoms with Gasteiger partial charge in [0, 0.05) is 29.8 Å². The minimum atomic E-state index is -4.70. The van der Waals surface area contributed by atoms with E-state index in [-0.39, 0.29) is 12.3 Å². The normalized spacial score (nSPS) is 14.7. The molecular formula is C15H14F3N3O. The van der Waals surface area contributed by atoms with Crippen molar-refractivity contribution < 1.29 is 17.9 Å². The van der Waals surface area contributed by atoms with Crippen LogP contribution in [-0.2, 0) is 6.54 Å². The molecule has 1 saturated carbocycles. The highest BCUT2D eigenvalue weighted by Gasteiger charge is 2.32. The van der Waals surface area contributed by atoms with Gasteiger partial charge in [-0.25, -0.2) is 9.97 Å². The van der Waals surface area contributed by atoms with Crippen LogP contribution in [0.1, 0.15) is 30.0 Å². The molecule has 1 fully saturated rings.